The van der Waals surface area contributed by atoms with E-state index in [4.69, 9.17) is 9.47 Å². The SMILES string of the molecule is CCCCOCCOCCNC(=NC)NCCCn1c(C)nc2ccccc21.I. The van der Waals surface area contributed by atoms with E-state index in [1.54, 1.807) is 7.05 Å². The zero-order chi connectivity index (χ0) is 20.0. The van der Waals surface area contributed by atoms with Gasteiger partial charge in [-0.2, -0.15) is 0 Å². The van der Waals surface area contributed by atoms with Crippen molar-refractivity contribution in [3.63, 3.8) is 0 Å². The number of halogens is 1. The number of fused-ring (bicyclic) bond motifs is 1. The van der Waals surface area contributed by atoms with Crippen LogP contribution in [0.25, 0.3) is 11.0 Å². The molecule has 1 heterocycles. The summed E-state index contributed by atoms with van der Waals surface area (Å²) in [7, 11) is 1.78. The van der Waals surface area contributed by atoms with E-state index in [1.807, 2.05) is 6.07 Å². The number of nitrogens with zero attached hydrogens (tertiary/aromatic N) is 3. The van der Waals surface area contributed by atoms with Crippen molar-refractivity contribution in [2.75, 3.05) is 46.6 Å². The first-order valence-corrected chi connectivity index (χ1v) is 10.3. The molecule has 0 spiro atoms. The fraction of sp³-hybridized carbons (Fsp3) is 0.619. The Hall–Kier alpha value is -1.39. The largest absolute Gasteiger partial charge is 0.379 e. The first kappa shape index (κ1) is 25.6. The van der Waals surface area contributed by atoms with Crippen molar-refractivity contribution in [3.8, 4) is 0 Å². The Balaban J connectivity index is 0.00000420. The number of benzene rings is 1. The third-order valence-electron chi connectivity index (χ3n) is 4.47. The lowest BCUT2D eigenvalue weighted by Crippen LogP contribution is -2.39. The smallest absolute Gasteiger partial charge is 0.191 e. The fourth-order valence-corrected chi connectivity index (χ4v) is 2.95. The van der Waals surface area contributed by atoms with Gasteiger partial charge in [-0.05, 0) is 31.9 Å². The van der Waals surface area contributed by atoms with Crippen LogP contribution in [0.2, 0.25) is 0 Å². The molecule has 8 heteroatoms. The molecule has 2 aromatic rings. The first-order valence-electron chi connectivity index (χ1n) is 10.3. The summed E-state index contributed by atoms with van der Waals surface area (Å²) >= 11 is 0. The number of para-hydroxylation sites is 2. The number of aryl methyl sites for hydroxylation is 2. The molecular formula is C21H36IN5O2. The number of hydrogen-bond acceptors (Lipinski definition) is 4. The van der Waals surface area contributed by atoms with Crippen molar-refractivity contribution in [2.45, 2.75) is 39.7 Å². The molecule has 0 saturated carbocycles. The van der Waals surface area contributed by atoms with E-state index in [0.29, 0.717) is 19.8 Å². The van der Waals surface area contributed by atoms with Crippen molar-refractivity contribution in [3.05, 3.63) is 30.1 Å². The monoisotopic (exact) mass is 517 g/mol. The molecule has 0 radical (unpaired) electrons. The van der Waals surface area contributed by atoms with Crippen molar-refractivity contribution < 1.29 is 9.47 Å². The second-order valence-electron chi connectivity index (χ2n) is 6.66. The number of nitrogens with one attached hydrogen (secondary N) is 2. The number of unbranched alkanes of at least 4 members (excludes halogenated alkanes) is 1. The molecular weight excluding hydrogens is 481 g/mol. The Morgan fingerprint density at radius 3 is 2.52 bits per heavy atom. The van der Waals surface area contributed by atoms with Crippen molar-refractivity contribution in [1.29, 1.82) is 0 Å². The zero-order valence-corrected chi connectivity index (χ0v) is 20.3. The maximum Gasteiger partial charge on any atom is 0.191 e. The van der Waals surface area contributed by atoms with Crippen molar-refractivity contribution in [1.82, 2.24) is 20.2 Å². The summed E-state index contributed by atoms with van der Waals surface area (Å²) in [5.74, 6) is 1.86. The molecule has 0 amide bonds. The summed E-state index contributed by atoms with van der Waals surface area (Å²) in [6, 6.07) is 8.27. The van der Waals surface area contributed by atoms with Gasteiger partial charge in [0.1, 0.15) is 5.82 Å². The van der Waals surface area contributed by atoms with E-state index < -0.39 is 0 Å². The van der Waals surface area contributed by atoms with Crippen LogP contribution < -0.4 is 10.6 Å². The number of aromatic nitrogens is 2. The molecule has 0 fully saturated rings. The molecule has 0 aliphatic carbocycles. The van der Waals surface area contributed by atoms with Crippen molar-refractivity contribution in [2.24, 2.45) is 4.99 Å². The van der Waals surface area contributed by atoms with Gasteiger partial charge >= 0.3 is 0 Å². The molecule has 1 aromatic heterocycles. The molecule has 0 bridgehead atoms. The van der Waals surface area contributed by atoms with Crippen LogP contribution in [-0.4, -0.2) is 62.1 Å². The maximum absolute atomic E-state index is 5.56. The molecule has 29 heavy (non-hydrogen) atoms. The van der Waals surface area contributed by atoms with Crippen LogP contribution in [0, 0.1) is 6.92 Å². The van der Waals surface area contributed by atoms with Gasteiger partial charge in [-0.25, -0.2) is 4.98 Å². The Labute approximate surface area is 191 Å². The number of rotatable bonds is 13. The summed E-state index contributed by atoms with van der Waals surface area (Å²) < 4.78 is 13.3. The van der Waals surface area contributed by atoms with Crippen LogP contribution in [0.5, 0.6) is 0 Å². The van der Waals surface area contributed by atoms with E-state index in [-0.39, 0.29) is 24.0 Å². The Morgan fingerprint density at radius 1 is 1.03 bits per heavy atom. The van der Waals surface area contributed by atoms with Gasteiger partial charge in [0, 0.05) is 33.3 Å². The third kappa shape index (κ3) is 9.31. The van der Waals surface area contributed by atoms with Crippen LogP contribution in [-0.2, 0) is 16.0 Å². The molecule has 0 unspecified atom stereocenters. The lowest BCUT2D eigenvalue weighted by Gasteiger charge is -2.13. The molecule has 0 saturated heterocycles. The fourth-order valence-electron chi connectivity index (χ4n) is 2.95. The molecule has 1 aromatic carbocycles. The van der Waals surface area contributed by atoms with E-state index >= 15 is 0 Å². The zero-order valence-electron chi connectivity index (χ0n) is 17.9. The van der Waals surface area contributed by atoms with E-state index in [2.05, 4.69) is 57.2 Å². The second-order valence-corrected chi connectivity index (χ2v) is 6.66. The van der Waals surface area contributed by atoms with Gasteiger partial charge in [0.05, 0.1) is 30.9 Å². The topological polar surface area (TPSA) is 72.7 Å². The average Bonchev–Trinajstić information content (AvgIpc) is 3.03. The summed E-state index contributed by atoms with van der Waals surface area (Å²) in [5.41, 5.74) is 2.25. The van der Waals surface area contributed by atoms with Gasteiger partial charge in [0.2, 0.25) is 0 Å². The maximum atomic E-state index is 5.56. The van der Waals surface area contributed by atoms with Crippen molar-refractivity contribution >= 4 is 41.0 Å². The highest BCUT2D eigenvalue weighted by Crippen LogP contribution is 2.15. The summed E-state index contributed by atoms with van der Waals surface area (Å²) in [5, 5.41) is 6.62. The number of ether oxygens (including phenoxy) is 2. The molecule has 164 valence electrons. The first-order chi connectivity index (χ1) is 13.8. The minimum absolute atomic E-state index is 0. The summed E-state index contributed by atoms with van der Waals surface area (Å²) in [6.45, 7) is 9.47. The van der Waals surface area contributed by atoms with Gasteiger partial charge in [0.25, 0.3) is 0 Å². The predicted molar refractivity (Wildman–Crippen MR) is 130 cm³/mol. The highest BCUT2D eigenvalue weighted by molar-refractivity contribution is 14.0. The second kappa shape index (κ2) is 15.4. The molecule has 2 N–H and O–H groups in total. The predicted octanol–water partition coefficient (Wildman–Crippen LogP) is 3.35. The van der Waals surface area contributed by atoms with Crippen LogP contribution in [0.1, 0.15) is 32.0 Å². The average molecular weight is 517 g/mol. The molecule has 7 nitrogen and oxygen atoms in total. The molecule has 0 aliphatic rings. The normalized spacial score (nSPS) is 11.5. The Kier molecular flexibility index (Phi) is 13.7. The quantitative estimate of drug-likeness (QED) is 0.185. The van der Waals surface area contributed by atoms with Crippen LogP contribution >= 0.6 is 24.0 Å². The van der Waals surface area contributed by atoms with Crippen LogP contribution in [0.4, 0.5) is 0 Å². The Morgan fingerprint density at radius 2 is 1.76 bits per heavy atom. The Bertz CT molecular complexity index is 720. The highest BCUT2D eigenvalue weighted by Gasteiger charge is 2.06. The highest BCUT2D eigenvalue weighted by atomic mass is 127. The van der Waals surface area contributed by atoms with Gasteiger partial charge in [0.15, 0.2) is 5.96 Å². The van der Waals surface area contributed by atoms with Gasteiger partial charge in [-0.3, -0.25) is 4.99 Å². The molecule has 0 atom stereocenters. The van der Waals surface area contributed by atoms with Crippen LogP contribution in [0.15, 0.2) is 29.3 Å². The number of aliphatic imine (C=N–C) groups is 1. The third-order valence-corrected chi connectivity index (χ3v) is 4.47. The molecule has 2 rings (SSSR count). The van der Waals surface area contributed by atoms with Gasteiger partial charge < -0.3 is 24.7 Å². The van der Waals surface area contributed by atoms with E-state index in [9.17, 15) is 0 Å². The summed E-state index contributed by atoms with van der Waals surface area (Å²) in [4.78, 5) is 8.87. The van der Waals surface area contributed by atoms with Gasteiger partial charge in [-0.1, -0.05) is 25.5 Å². The number of hydrogen-bond donors (Lipinski definition) is 2. The lowest BCUT2D eigenvalue weighted by molar-refractivity contribution is 0.0487. The van der Waals surface area contributed by atoms with Crippen LogP contribution in [0.3, 0.4) is 0 Å². The van der Waals surface area contributed by atoms with E-state index in [1.165, 1.54) is 5.52 Å². The minimum atomic E-state index is 0. The number of imidazole rings is 1. The summed E-state index contributed by atoms with van der Waals surface area (Å²) in [6.07, 6.45) is 3.27. The van der Waals surface area contributed by atoms with E-state index in [0.717, 1.165) is 62.8 Å². The number of guanidine groups is 1. The standard InChI is InChI=1S/C21H35N5O2.HI/c1-4-5-14-27-16-17-28-15-12-24-21(22-3)23-11-8-13-26-18(2)25-19-9-6-7-10-20(19)26;/h6-7,9-10H,4-5,8,11-17H2,1-3H3,(H2,22,23,24);1H. The molecule has 0 aliphatic heterocycles. The van der Waals surface area contributed by atoms with Gasteiger partial charge in [-0.15, -0.1) is 24.0 Å². The lowest BCUT2D eigenvalue weighted by atomic mass is 10.3. The minimum Gasteiger partial charge on any atom is -0.379 e.